The van der Waals surface area contributed by atoms with Crippen LogP contribution in [-0.4, -0.2) is 0 Å². The predicted octanol–water partition coefficient (Wildman–Crippen LogP) is 17.2. The molecule has 2 aromatic heterocycles. The fraction of sp³-hybridized carbons (Fsp3) is 0.138. The number of furan rings is 2. The zero-order valence-corrected chi connectivity index (χ0v) is 36.6. The van der Waals surface area contributed by atoms with Crippen LogP contribution in [0.3, 0.4) is 0 Å². The van der Waals surface area contributed by atoms with Crippen LogP contribution in [0.5, 0.6) is 0 Å². The molecule has 11 rings (SSSR count). The topological polar surface area (TPSA) is 32.8 Å². The Balaban J connectivity index is 1.18. The summed E-state index contributed by atoms with van der Waals surface area (Å²) in [7, 11) is 0. The second kappa shape index (κ2) is 14.1. The van der Waals surface area contributed by atoms with Crippen molar-refractivity contribution in [3.05, 3.63) is 190 Å². The summed E-state index contributed by atoms with van der Waals surface area (Å²) in [6.45, 7) is 17.4. The van der Waals surface area contributed by atoms with Gasteiger partial charge >= 0.3 is 0 Å². The van der Waals surface area contributed by atoms with Crippen molar-refractivity contribution in [1.29, 1.82) is 0 Å². The fourth-order valence-corrected chi connectivity index (χ4v) is 9.44. The van der Waals surface area contributed by atoms with Gasteiger partial charge in [0.15, 0.2) is 11.2 Å². The van der Waals surface area contributed by atoms with Crippen LogP contribution in [0.2, 0.25) is 0 Å². The van der Waals surface area contributed by atoms with Crippen LogP contribution in [0.1, 0.15) is 44.5 Å². The van der Waals surface area contributed by atoms with Gasteiger partial charge < -0.3 is 18.6 Å². The molecule has 0 amide bonds. The highest BCUT2D eigenvalue weighted by atomic mass is 16.4. The highest BCUT2D eigenvalue weighted by Crippen LogP contribution is 2.49. The SMILES string of the molecule is Cc1ccc(N(c2ccc(C)c(C)c2)c2cc3oc4c(ccc5c4oc4cc(N(c6ccc(C)c(C)c6)c6ccc(C)c(C)c6)c6ccccc6c45)c3c3ccccc23)cc1C. The smallest absolute Gasteiger partial charge is 0.178 e. The number of hydrogen-bond acceptors (Lipinski definition) is 4. The molecular formula is C58H48N2O2. The van der Waals surface area contributed by atoms with E-state index < -0.39 is 0 Å². The van der Waals surface area contributed by atoms with Gasteiger partial charge in [0.05, 0.1) is 11.4 Å². The lowest BCUT2D eigenvalue weighted by Crippen LogP contribution is -2.11. The number of benzene rings is 9. The number of hydrogen-bond donors (Lipinski definition) is 0. The van der Waals surface area contributed by atoms with Gasteiger partial charge in [0.25, 0.3) is 0 Å². The van der Waals surface area contributed by atoms with Crippen molar-refractivity contribution in [2.24, 2.45) is 0 Å². The Morgan fingerprint density at radius 2 is 0.597 bits per heavy atom. The molecule has 4 nitrogen and oxygen atoms in total. The van der Waals surface area contributed by atoms with Crippen LogP contribution in [0.25, 0.3) is 65.4 Å². The number of anilines is 6. The summed E-state index contributed by atoms with van der Waals surface area (Å²) < 4.78 is 14.2. The van der Waals surface area contributed by atoms with E-state index in [2.05, 4.69) is 211 Å². The first-order chi connectivity index (χ1) is 30.0. The highest BCUT2D eigenvalue weighted by molar-refractivity contribution is 6.29. The van der Waals surface area contributed by atoms with Gasteiger partial charge in [-0.15, -0.1) is 0 Å². The van der Waals surface area contributed by atoms with Gasteiger partial charge in [0.2, 0.25) is 0 Å². The third-order valence-corrected chi connectivity index (χ3v) is 13.5. The van der Waals surface area contributed by atoms with Crippen LogP contribution in [0, 0.1) is 55.4 Å². The molecule has 0 spiro atoms. The van der Waals surface area contributed by atoms with Gasteiger partial charge in [-0.2, -0.15) is 0 Å². The molecule has 0 radical (unpaired) electrons. The largest absolute Gasteiger partial charge is 0.452 e. The number of rotatable bonds is 6. The molecule has 0 N–H and O–H groups in total. The predicted molar refractivity (Wildman–Crippen MR) is 263 cm³/mol. The van der Waals surface area contributed by atoms with Crippen molar-refractivity contribution in [2.45, 2.75) is 55.4 Å². The quantitative estimate of drug-likeness (QED) is 0.168. The fourth-order valence-electron chi connectivity index (χ4n) is 9.44. The van der Waals surface area contributed by atoms with Crippen LogP contribution < -0.4 is 9.80 Å². The summed E-state index contributed by atoms with van der Waals surface area (Å²) in [6.07, 6.45) is 0. The van der Waals surface area contributed by atoms with Gasteiger partial charge in [-0.3, -0.25) is 0 Å². The summed E-state index contributed by atoms with van der Waals surface area (Å²) in [6, 6.07) is 53.3. The maximum absolute atomic E-state index is 7.10. The molecule has 62 heavy (non-hydrogen) atoms. The Hall–Kier alpha value is -7.30. The van der Waals surface area contributed by atoms with Gasteiger partial charge in [0.1, 0.15) is 11.2 Å². The first-order valence-corrected chi connectivity index (χ1v) is 21.6. The molecule has 0 bridgehead atoms. The van der Waals surface area contributed by atoms with Crippen LogP contribution in [0.4, 0.5) is 34.1 Å². The molecule has 302 valence electrons. The molecule has 4 heteroatoms. The summed E-state index contributed by atoms with van der Waals surface area (Å²) >= 11 is 0. The molecule has 0 saturated carbocycles. The maximum Gasteiger partial charge on any atom is 0.178 e. The standard InChI is InChI=1S/C58H48N2O2/c1-33-17-21-41(27-37(33)5)59(42-22-18-34(2)38(6)28-42)51-31-53-55(47-15-11-9-13-45(47)51)49-25-26-50-56-48-16-12-10-14-46(48)52(32-54(56)62-58(50)57(49)61-53)60(43-23-19-35(3)39(7)29-43)44-24-20-36(4)40(8)30-44/h9-32H,1-8H3. The second-order valence-electron chi connectivity index (χ2n) is 17.4. The zero-order valence-electron chi connectivity index (χ0n) is 36.6. The Bertz CT molecular complexity index is 3300. The van der Waals surface area contributed by atoms with E-state index in [4.69, 9.17) is 8.83 Å². The lowest BCUT2D eigenvalue weighted by Gasteiger charge is -2.28. The molecule has 0 fully saturated rings. The van der Waals surface area contributed by atoms with E-state index in [0.29, 0.717) is 0 Å². The molecule has 0 unspecified atom stereocenters. The van der Waals surface area contributed by atoms with E-state index >= 15 is 0 Å². The van der Waals surface area contributed by atoms with E-state index in [1.54, 1.807) is 0 Å². The van der Waals surface area contributed by atoms with E-state index in [0.717, 1.165) is 99.5 Å². The molecular weight excluding hydrogens is 757 g/mol. The van der Waals surface area contributed by atoms with Crippen molar-refractivity contribution in [3.8, 4) is 0 Å². The van der Waals surface area contributed by atoms with Crippen molar-refractivity contribution in [2.75, 3.05) is 9.80 Å². The minimum atomic E-state index is 0.755. The van der Waals surface area contributed by atoms with Crippen molar-refractivity contribution >= 4 is 99.5 Å². The first-order valence-electron chi connectivity index (χ1n) is 21.6. The van der Waals surface area contributed by atoms with Crippen molar-refractivity contribution in [3.63, 3.8) is 0 Å². The number of nitrogens with zero attached hydrogens (tertiary/aromatic N) is 2. The minimum absolute atomic E-state index is 0.755. The van der Waals surface area contributed by atoms with E-state index in [1.807, 2.05) is 0 Å². The third kappa shape index (κ3) is 5.81. The summed E-state index contributed by atoms with van der Waals surface area (Å²) in [5.41, 5.74) is 19.8. The molecule has 0 aliphatic rings. The van der Waals surface area contributed by atoms with Crippen LogP contribution in [0.15, 0.2) is 154 Å². The van der Waals surface area contributed by atoms with Crippen LogP contribution in [-0.2, 0) is 0 Å². The Morgan fingerprint density at radius 1 is 0.290 bits per heavy atom. The lowest BCUT2D eigenvalue weighted by molar-refractivity contribution is 0.633. The molecule has 0 atom stereocenters. The minimum Gasteiger partial charge on any atom is -0.452 e. The molecule has 9 aromatic carbocycles. The van der Waals surface area contributed by atoms with Gasteiger partial charge in [0, 0.05) is 67.2 Å². The zero-order chi connectivity index (χ0) is 42.6. The van der Waals surface area contributed by atoms with Crippen LogP contribution >= 0.6 is 0 Å². The van der Waals surface area contributed by atoms with Crippen molar-refractivity contribution in [1.82, 2.24) is 0 Å². The van der Waals surface area contributed by atoms with E-state index in [9.17, 15) is 0 Å². The molecule has 2 heterocycles. The van der Waals surface area contributed by atoms with E-state index in [1.165, 1.54) is 44.5 Å². The second-order valence-corrected chi connectivity index (χ2v) is 17.4. The molecule has 0 aliphatic carbocycles. The number of fused-ring (bicyclic) bond motifs is 11. The normalized spacial score (nSPS) is 11.9. The summed E-state index contributed by atoms with van der Waals surface area (Å²) in [4.78, 5) is 4.77. The Labute approximate surface area is 362 Å². The lowest BCUT2D eigenvalue weighted by atomic mass is 9.98. The maximum atomic E-state index is 7.10. The molecule has 0 aliphatic heterocycles. The first kappa shape index (κ1) is 37.7. The molecule has 0 saturated heterocycles. The summed E-state index contributed by atoms with van der Waals surface area (Å²) in [5, 5.41) is 8.82. The van der Waals surface area contributed by atoms with Gasteiger partial charge in [-0.25, -0.2) is 0 Å². The van der Waals surface area contributed by atoms with Gasteiger partial charge in [-0.1, -0.05) is 72.8 Å². The van der Waals surface area contributed by atoms with Crippen molar-refractivity contribution < 1.29 is 8.83 Å². The third-order valence-electron chi connectivity index (χ3n) is 13.5. The average molecular weight is 805 g/mol. The van der Waals surface area contributed by atoms with E-state index in [-0.39, 0.29) is 0 Å². The van der Waals surface area contributed by atoms with Gasteiger partial charge in [-0.05, 0) is 171 Å². The monoisotopic (exact) mass is 804 g/mol. The average Bonchev–Trinajstić information content (AvgIpc) is 3.85. The highest BCUT2D eigenvalue weighted by Gasteiger charge is 2.25. The Kier molecular flexibility index (Phi) is 8.59. The summed E-state index contributed by atoms with van der Waals surface area (Å²) in [5.74, 6) is 0. The number of aryl methyl sites for hydroxylation is 8. The molecule has 11 aromatic rings. The Morgan fingerprint density at radius 3 is 0.903 bits per heavy atom.